The van der Waals surface area contributed by atoms with Gasteiger partial charge in [-0.1, -0.05) is 31.4 Å². The van der Waals surface area contributed by atoms with Crippen LogP contribution in [-0.2, 0) is 25.3 Å². The van der Waals surface area contributed by atoms with Crippen molar-refractivity contribution >= 4 is 33.3 Å². The average Bonchev–Trinajstić information content (AvgIpc) is 3.19. The zero-order valence-electron chi connectivity index (χ0n) is 16.6. The summed E-state index contributed by atoms with van der Waals surface area (Å²) in [5.41, 5.74) is 1.42. The first-order valence-electron chi connectivity index (χ1n) is 9.88. The Labute approximate surface area is 172 Å². The van der Waals surface area contributed by atoms with E-state index in [9.17, 15) is 14.4 Å². The lowest BCUT2D eigenvalue weighted by molar-refractivity contribution is -0.115. The van der Waals surface area contributed by atoms with Gasteiger partial charge in [0.15, 0.2) is 5.13 Å². The zero-order chi connectivity index (χ0) is 20.5. The molecule has 1 aliphatic rings. The van der Waals surface area contributed by atoms with Gasteiger partial charge in [-0.05, 0) is 24.5 Å². The molecule has 1 aliphatic carbocycles. The molecule has 0 aliphatic heterocycles. The third-order valence-corrected chi connectivity index (χ3v) is 6.50. The van der Waals surface area contributed by atoms with Crippen LogP contribution in [0.4, 0.5) is 5.13 Å². The fourth-order valence-corrected chi connectivity index (χ4v) is 4.92. The summed E-state index contributed by atoms with van der Waals surface area (Å²) < 4.78 is 2.50. The summed E-state index contributed by atoms with van der Waals surface area (Å²) in [6, 6.07) is 5.23. The lowest BCUT2D eigenvalue weighted by Gasteiger charge is -2.19. The lowest BCUT2D eigenvalue weighted by Crippen LogP contribution is -2.37. The van der Waals surface area contributed by atoms with Crippen molar-refractivity contribution in [2.45, 2.75) is 44.4 Å². The number of hydrogen-bond acceptors (Lipinski definition) is 5. The molecule has 2 heterocycles. The van der Waals surface area contributed by atoms with Gasteiger partial charge in [-0.3, -0.25) is 18.7 Å². The van der Waals surface area contributed by atoms with Crippen molar-refractivity contribution in [2.75, 3.05) is 5.32 Å². The van der Waals surface area contributed by atoms with Gasteiger partial charge in [-0.15, -0.1) is 11.3 Å². The van der Waals surface area contributed by atoms with E-state index in [-0.39, 0.29) is 23.6 Å². The Balaban J connectivity index is 1.56. The predicted molar refractivity (Wildman–Crippen MR) is 115 cm³/mol. The molecule has 0 bridgehead atoms. The molecule has 8 heteroatoms. The van der Waals surface area contributed by atoms with Gasteiger partial charge in [0.05, 0.1) is 23.0 Å². The molecular formula is C21H24N4O3S. The van der Waals surface area contributed by atoms with Crippen LogP contribution in [0.3, 0.4) is 0 Å². The Hall–Kier alpha value is -2.74. The highest BCUT2D eigenvalue weighted by Crippen LogP contribution is 2.34. The van der Waals surface area contributed by atoms with E-state index in [0.717, 1.165) is 23.1 Å². The van der Waals surface area contributed by atoms with E-state index in [1.807, 2.05) is 5.38 Å². The molecule has 7 nitrogen and oxygen atoms in total. The van der Waals surface area contributed by atoms with E-state index in [2.05, 4.69) is 10.3 Å². The van der Waals surface area contributed by atoms with Gasteiger partial charge in [0, 0.05) is 25.4 Å². The van der Waals surface area contributed by atoms with Crippen LogP contribution in [-0.4, -0.2) is 20.0 Å². The highest BCUT2D eigenvalue weighted by atomic mass is 32.1. The number of nitrogens with one attached hydrogen (secondary N) is 1. The van der Waals surface area contributed by atoms with Crippen LogP contribution in [0.25, 0.3) is 10.9 Å². The molecule has 0 atom stereocenters. The minimum absolute atomic E-state index is 0.0448. The van der Waals surface area contributed by atoms with Crippen molar-refractivity contribution in [2.24, 2.45) is 14.1 Å². The van der Waals surface area contributed by atoms with Crippen LogP contribution < -0.4 is 16.6 Å². The number of hydrogen-bond donors (Lipinski definition) is 1. The molecule has 1 fully saturated rings. The number of anilines is 1. The Morgan fingerprint density at radius 1 is 1.17 bits per heavy atom. The van der Waals surface area contributed by atoms with Gasteiger partial charge in [0.25, 0.3) is 5.56 Å². The molecule has 0 spiro atoms. The topological polar surface area (TPSA) is 86.0 Å². The highest BCUT2D eigenvalue weighted by Gasteiger charge is 2.19. The third-order valence-electron chi connectivity index (χ3n) is 5.73. The fourth-order valence-electron chi connectivity index (χ4n) is 4.11. The molecule has 1 aromatic carbocycles. The van der Waals surface area contributed by atoms with Gasteiger partial charge in [-0.25, -0.2) is 9.78 Å². The van der Waals surface area contributed by atoms with E-state index >= 15 is 0 Å². The highest BCUT2D eigenvalue weighted by molar-refractivity contribution is 7.13. The number of aryl methyl sites for hydroxylation is 1. The van der Waals surface area contributed by atoms with Crippen LogP contribution in [0.1, 0.15) is 49.3 Å². The molecular weight excluding hydrogens is 388 g/mol. The maximum atomic E-state index is 12.6. The summed E-state index contributed by atoms with van der Waals surface area (Å²) >= 11 is 1.44. The van der Waals surface area contributed by atoms with Crippen LogP contribution in [0, 0.1) is 0 Å². The van der Waals surface area contributed by atoms with Crippen LogP contribution in [0.15, 0.2) is 33.2 Å². The van der Waals surface area contributed by atoms with Gasteiger partial charge in [0.1, 0.15) is 0 Å². The minimum Gasteiger partial charge on any atom is -0.302 e. The molecule has 4 rings (SSSR count). The Bertz CT molecular complexity index is 1180. The number of aromatic nitrogens is 3. The smallest absolute Gasteiger partial charge is 0.302 e. The molecule has 0 saturated heterocycles. The average molecular weight is 413 g/mol. The summed E-state index contributed by atoms with van der Waals surface area (Å²) in [6.45, 7) is 0. The van der Waals surface area contributed by atoms with Crippen molar-refractivity contribution in [1.82, 2.24) is 14.1 Å². The van der Waals surface area contributed by atoms with E-state index in [0.29, 0.717) is 27.5 Å². The Morgan fingerprint density at radius 2 is 1.93 bits per heavy atom. The van der Waals surface area contributed by atoms with Gasteiger partial charge < -0.3 is 5.32 Å². The van der Waals surface area contributed by atoms with Gasteiger partial charge >= 0.3 is 5.69 Å². The molecule has 1 saturated carbocycles. The van der Waals surface area contributed by atoms with Gasteiger partial charge in [-0.2, -0.15) is 0 Å². The standard InChI is InChI=1S/C21H24N4O3S/c1-24-16-10-6-9-14(18(16)19(27)25(2)21(24)28)11-17(26)23-20-22-15(12-29-20)13-7-4-3-5-8-13/h6,9-10,12-13H,3-5,7-8,11H2,1-2H3,(H,22,23,26). The molecule has 1 amide bonds. The Morgan fingerprint density at radius 3 is 2.69 bits per heavy atom. The van der Waals surface area contributed by atoms with Crippen molar-refractivity contribution in [3.8, 4) is 0 Å². The number of benzene rings is 1. The van der Waals surface area contributed by atoms with Gasteiger partial charge in [0.2, 0.25) is 5.91 Å². The summed E-state index contributed by atoms with van der Waals surface area (Å²) in [7, 11) is 3.07. The van der Waals surface area contributed by atoms with Crippen molar-refractivity contribution in [3.63, 3.8) is 0 Å². The lowest BCUT2D eigenvalue weighted by atomic mass is 9.87. The Kier molecular flexibility index (Phi) is 5.36. The third kappa shape index (κ3) is 3.76. The first-order valence-corrected chi connectivity index (χ1v) is 10.8. The summed E-state index contributed by atoms with van der Waals surface area (Å²) in [4.78, 5) is 42.0. The second-order valence-electron chi connectivity index (χ2n) is 7.65. The summed E-state index contributed by atoms with van der Waals surface area (Å²) in [5, 5.41) is 5.89. The fraction of sp³-hybridized carbons (Fsp3) is 0.429. The first-order chi connectivity index (χ1) is 14.0. The monoisotopic (exact) mass is 412 g/mol. The quantitative estimate of drug-likeness (QED) is 0.714. The first kappa shape index (κ1) is 19.6. The molecule has 3 aromatic rings. The number of nitrogens with zero attached hydrogens (tertiary/aromatic N) is 3. The number of carbonyl (C=O) groups excluding carboxylic acids is 1. The minimum atomic E-state index is -0.389. The maximum Gasteiger partial charge on any atom is 0.330 e. The van der Waals surface area contributed by atoms with Crippen molar-refractivity contribution in [3.05, 3.63) is 55.7 Å². The van der Waals surface area contributed by atoms with Crippen molar-refractivity contribution in [1.29, 1.82) is 0 Å². The number of fused-ring (bicyclic) bond motifs is 1. The predicted octanol–water partition coefficient (Wildman–Crippen LogP) is 2.92. The molecule has 2 aromatic heterocycles. The molecule has 29 heavy (non-hydrogen) atoms. The van der Waals surface area contributed by atoms with E-state index < -0.39 is 0 Å². The van der Waals surface area contributed by atoms with E-state index in [1.165, 1.54) is 42.2 Å². The second-order valence-corrected chi connectivity index (χ2v) is 8.51. The molecule has 0 radical (unpaired) electrons. The maximum absolute atomic E-state index is 12.6. The SMILES string of the molecule is Cn1c(=O)c2c(CC(=O)Nc3nc(C4CCCCC4)cs3)cccc2n(C)c1=O. The van der Waals surface area contributed by atoms with E-state index in [4.69, 9.17) is 0 Å². The molecule has 1 N–H and O–H groups in total. The van der Waals surface area contributed by atoms with Crippen LogP contribution in [0.2, 0.25) is 0 Å². The summed E-state index contributed by atoms with van der Waals surface area (Å²) in [5.74, 6) is 0.269. The largest absolute Gasteiger partial charge is 0.330 e. The summed E-state index contributed by atoms with van der Waals surface area (Å²) in [6.07, 6.45) is 6.14. The second kappa shape index (κ2) is 7.94. The van der Waals surface area contributed by atoms with Crippen LogP contribution in [0.5, 0.6) is 0 Å². The number of carbonyl (C=O) groups is 1. The number of rotatable bonds is 4. The zero-order valence-corrected chi connectivity index (χ0v) is 17.4. The van der Waals surface area contributed by atoms with E-state index in [1.54, 1.807) is 25.2 Å². The molecule has 152 valence electrons. The van der Waals surface area contributed by atoms with Crippen LogP contribution >= 0.6 is 11.3 Å². The number of amides is 1. The molecule has 0 unspecified atom stereocenters. The van der Waals surface area contributed by atoms with Crippen molar-refractivity contribution < 1.29 is 4.79 Å². The number of thiazole rings is 1. The normalized spacial score (nSPS) is 15.0.